The number of hydrogen-bond donors (Lipinski definition) is 2. The van der Waals surface area contributed by atoms with Gasteiger partial charge in [-0.3, -0.25) is 9.58 Å². The van der Waals surface area contributed by atoms with E-state index in [1.807, 2.05) is 29.3 Å². The van der Waals surface area contributed by atoms with E-state index in [1.165, 1.54) is 12.0 Å². The number of rotatable bonds is 5. The number of aromatic amines is 1. The minimum atomic E-state index is -5.08. The second-order valence-electron chi connectivity index (χ2n) is 8.14. The zero-order valence-electron chi connectivity index (χ0n) is 18.1. The number of hydrogen-bond acceptors (Lipinski definition) is 5. The third-order valence-corrected chi connectivity index (χ3v) is 5.54. The number of pyridine rings is 1. The molecule has 1 saturated heterocycles. The molecule has 0 aliphatic carbocycles. The number of aliphatic carboxylic acids is 1. The van der Waals surface area contributed by atoms with Gasteiger partial charge in [0.1, 0.15) is 11.3 Å². The average Bonchev–Trinajstić information content (AvgIpc) is 3.55. The zero-order chi connectivity index (χ0) is 24.1. The predicted molar refractivity (Wildman–Crippen MR) is 119 cm³/mol. The van der Waals surface area contributed by atoms with Crippen LogP contribution >= 0.6 is 0 Å². The molecule has 1 aliphatic heterocycles. The minimum Gasteiger partial charge on any atom is -0.475 e. The first kappa shape index (κ1) is 23.4. The monoisotopic (exact) mass is 472 g/mol. The molecule has 0 spiro atoms. The van der Waals surface area contributed by atoms with E-state index in [9.17, 15) is 13.2 Å². The van der Waals surface area contributed by atoms with Gasteiger partial charge in [-0.05, 0) is 36.6 Å². The van der Waals surface area contributed by atoms with Crippen molar-refractivity contribution in [3.63, 3.8) is 0 Å². The van der Waals surface area contributed by atoms with E-state index in [-0.39, 0.29) is 0 Å². The quantitative estimate of drug-likeness (QED) is 0.456. The number of benzene rings is 1. The summed E-state index contributed by atoms with van der Waals surface area (Å²) < 4.78 is 33.7. The van der Waals surface area contributed by atoms with Gasteiger partial charge in [-0.1, -0.05) is 35.5 Å². The number of aromatic nitrogens is 5. The second kappa shape index (κ2) is 10.0. The molecule has 3 aromatic heterocycles. The first-order chi connectivity index (χ1) is 16.3. The maximum absolute atomic E-state index is 10.6. The summed E-state index contributed by atoms with van der Waals surface area (Å²) in [6.07, 6.45) is 1.91. The highest BCUT2D eigenvalue weighted by Gasteiger charge is 2.38. The molecule has 1 atom stereocenters. The summed E-state index contributed by atoms with van der Waals surface area (Å²) in [7, 11) is 0. The number of nitrogens with zero attached hydrogens (tertiary/aromatic N) is 5. The molecule has 1 aliphatic rings. The average molecular weight is 472 g/mol. The highest BCUT2D eigenvalue weighted by Crippen LogP contribution is 2.23. The molecule has 1 unspecified atom stereocenters. The van der Waals surface area contributed by atoms with Gasteiger partial charge in [0.25, 0.3) is 0 Å². The Labute approximate surface area is 193 Å². The van der Waals surface area contributed by atoms with Crippen LogP contribution in [-0.4, -0.2) is 60.2 Å². The summed E-state index contributed by atoms with van der Waals surface area (Å²) in [6, 6.07) is 14.8. The molecule has 0 bridgehead atoms. The van der Waals surface area contributed by atoms with Gasteiger partial charge >= 0.3 is 12.1 Å². The third kappa shape index (κ3) is 5.98. The van der Waals surface area contributed by atoms with E-state index >= 15 is 0 Å². The van der Waals surface area contributed by atoms with Crippen LogP contribution in [0.15, 0.2) is 61.1 Å². The molecule has 11 heteroatoms. The third-order valence-electron chi connectivity index (χ3n) is 5.54. The lowest BCUT2D eigenvalue weighted by atomic mass is 10.1. The van der Waals surface area contributed by atoms with E-state index in [2.05, 4.69) is 61.6 Å². The normalized spacial score (nSPS) is 16.4. The summed E-state index contributed by atoms with van der Waals surface area (Å²) in [5.74, 6) is -2.14. The van der Waals surface area contributed by atoms with Gasteiger partial charge in [0.15, 0.2) is 0 Å². The molecular weight excluding hydrogens is 449 g/mol. The Hall–Kier alpha value is -3.73. The topological polar surface area (TPSA) is 99.9 Å². The first-order valence-electron chi connectivity index (χ1n) is 10.7. The van der Waals surface area contributed by atoms with Crippen LogP contribution in [0.4, 0.5) is 13.2 Å². The molecule has 1 aromatic carbocycles. The zero-order valence-corrected chi connectivity index (χ0v) is 18.1. The van der Waals surface area contributed by atoms with Crippen molar-refractivity contribution in [1.82, 2.24) is 29.9 Å². The predicted octanol–water partition coefficient (Wildman–Crippen LogP) is 3.98. The van der Waals surface area contributed by atoms with Gasteiger partial charge in [0, 0.05) is 43.0 Å². The Kier molecular flexibility index (Phi) is 6.92. The molecular formula is C23H23F3N6O2. The van der Waals surface area contributed by atoms with Crippen LogP contribution in [0.2, 0.25) is 0 Å². The lowest BCUT2D eigenvalue weighted by Crippen LogP contribution is -2.21. The van der Waals surface area contributed by atoms with Gasteiger partial charge in [-0.25, -0.2) is 9.78 Å². The van der Waals surface area contributed by atoms with Gasteiger partial charge in [0.2, 0.25) is 0 Å². The number of nitrogens with one attached hydrogen (secondary N) is 1. The summed E-state index contributed by atoms with van der Waals surface area (Å²) in [5, 5.41) is 16.9. The number of carbonyl (C=O) groups is 1. The lowest BCUT2D eigenvalue weighted by molar-refractivity contribution is -0.192. The number of halogens is 3. The maximum atomic E-state index is 10.6. The van der Waals surface area contributed by atoms with Gasteiger partial charge in [-0.2, -0.15) is 13.2 Å². The van der Waals surface area contributed by atoms with Crippen LogP contribution in [0, 0.1) is 5.92 Å². The van der Waals surface area contributed by atoms with E-state index in [0.717, 1.165) is 48.5 Å². The molecule has 8 nitrogen and oxygen atoms in total. The Morgan fingerprint density at radius 2 is 1.97 bits per heavy atom. The number of carboxylic acid groups (broad SMARTS) is 1. The van der Waals surface area contributed by atoms with E-state index in [4.69, 9.17) is 9.90 Å². The number of H-pyrrole nitrogens is 1. The lowest BCUT2D eigenvalue weighted by Gasteiger charge is -2.16. The molecule has 1 fully saturated rings. The fraction of sp³-hybridized carbons (Fsp3) is 0.304. The Bertz CT molecular complexity index is 1240. The van der Waals surface area contributed by atoms with E-state index in [1.54, 1.807) is 0 Å². The summed E-state index contributed by atoms with van der Waals surface area (Å²) in [4.78, 5) is 19.0. The van der Waals surface area contributed by atoms with E-state index < -0.39 is 12.1 Å². The Balaban J connectivity index is 0.000000344. The fourth-order valence-corrected chi connectivity index (χ4v) is 3.91. The SMILES string of the molecule is O=C(O)C(F)(F)F.c1ccc(CN2CCC(Cn3cc(-c4cnc5[nH]ccc5c4)nn3)C2)cc1. The van der Waals surface area contributed by atoms with Crippen LogP contribution in [0.1, 0.15) is 12.0 Å². The summed E-state index contributed by atoms with van der Waals surface area (Å²) in [5.41, 5.74) is 4.17. The smallest absolute Gasteiger partial charge is 0.475 e. The Morgan fingerprint density at radius 3 is 2.71 bits per heavy atom. The van der Waals surface area contributed by atoms with Crippen LogP contribution < -0.4 is 0 Å². The van der Waals surface area contributed by atoms with Gasteiger partial charge in [-0.15, -0.1) is 5.10 Å². The first-order valence-corrected chi connectivity index (χ1v) is 10.7. The van der Waals surface area contributed by atoms with Crippen molar-refractivity contribution in [3.05, 3.63) is 66.6 Å². The molecule has 0 amide bonds. The van der Waals surface area contributed by atoms with Gasteiger partial charge < -0.3 is 10.1 Å². The van der Waals surface area contributed by atoms with Crippen LogP contribution in [-0.2, 0) is 17.9 Å². The highest BCUT2D eigenvalue weighted by atomic mass is 19.4. The van der Waals surface area contributed by atoms with Crippen molar-refractivity contribution >= 4 is 17.0 Å². The molecule has 178 valence electrons. The molecule has 0 saturated carbocycles. The van der Waals surface area contributed by atoms with Crippen molar-refractivity contribution in [1.29, 1.82) is 0 Å². The largest absolute Gasteiger partial charge is 0.490 e. The van der Waals surface area contributed by atoms with Crippen molar-refractivity contribution in [2.24, 2.45) is 5.92 Å². The summed E-state index contributed by atoms with van der Waals surface area (Å²) in [6.45, 7) is 4.20. The van der Waals surface area contributed by atoms with Crippen molar-refractivity contribution in [3.8, 4) is 11.3 Å². The second-order valence-corrected chi connectivity index (χ2v) is 8.14. The van der Waals surface area contributed by atoms with Crippen molar-refractivity contribution in [2.75, 3.05) is 13.1 Å². The number of fused-ring (bicyclic) bond motifs is 1. The highest BCUT2D eigenvalue weighted by molar-refractivity contribution is 5.80. The standard InChI is InChI=1S/C21H22N6.C2HF3O2/c1-2-4-16(5-3-1)12-26-9-7-17(13-26)14-27-15-20(24-25-27)19-10-18-6-8-22-21(18)23-11-19;3-2(4,5)1(6)7/h1-6,8,10-11,15,17H,7,9,12-14H2,(H,22,23);(H,6,7). The molecule has 4 heterocycles. The number of likely N-dealkylation sites (tertiary alicyclic amines) is 1. The number of alkyl halides is 3. The molecule has 5 rings (SSSR count). The molecule has 4 aromatic rings. The Morgan fingerprint density at radius 1 is 1.21 bits per heavy atom. The number of carboxylic acids is 1. The van der Waals surface area contributed by atoms with Gasteiger partial charge in [0.05, 0.1) is 6.20 Å². The van der Waals surface area contributed by atoms with Crippen LogP contribution in [0.3, 0.4) is 0 Å². The summed E-state index contributed by atoms with van der Waals surface area (Å²) >= 11 is 0. The molecule has 34 heavy (non-hydrogen) atoms. The maximum Gasteiger partial charge on any atom is 0.490 e. The van der Waals surface area contributed by atoms with Crippen molar-refractivity contribution < 1.29 is 23.1 Å². The van der Waals surface area contributed by atoms with Crippen molar-refractivity contribution in [2.45, 2.75) is 25.7 Å². The van der Waals surface area contributed by atoms with Crippen LogP contribution in [0.25, 0.3) is 22.3 Å². The molecule has 2 N–H and O–H groups in total. The molecule has 0 radical (unpaired) electrons. The van der Waals surface area contributed by atoms with E-state index in [0.29, 0.717) is 5.92 Å². The van der Waals surface area contributed by atoms with Crippen LogP contribution in [0.5, 0.6) is 0 Å². The fourth-order valence-electron chi connectivity index (χ4n) is 3.91. The minimum absolute atomic E-state index is 0.619.